The van der Waals surface area contributed by atoms with E-state index in [0.717, 1.165) is 30.3 Å². The van der Waals surface area contributed by atoms with Gasteiger partial charge in [0.1, 0.15) is 0 Å². The summed E-state index contributed by atoms with van der Waals surface area (Å²) in [5.41, 5.74) is 0. The fraction of sp³-hybridized carbons (Fsp3) is 1.00. The van der Waals surface area contributed by atoms with Crippen molar-refractivity contribution in [3.05, 3.63) is 0 Å². The van der Waals surface area contributed by atoms with E-state index in [9.17, 15) is 0 Å². The average molecular weight is 211 g/mol. The fourth-order valence-electron chi connectivity index (χ4n) is 2.99. The van der Waals surface area contributed by atoms with E-state index in [1.807, 2.05) is 0 Å². The molecule has 1 rings (SSSR count). The molecule has 0 spiro atoms. The summed E-state index contributed by atoms with van der Waals surface area (Å²) in [4.78, 5) is 0. The van der Waals surface area contributed by atoms with Crippen molar-refractivity contribution in [1.29, 1.82) is 0 Å². The minimum absolute atomic E-state index is 0.805. The van der Waals surface area contributed by atoms with Crippen LogP contribution in [0.3, 0.4) is 0 Å². The Kier molecular flexibility index (Phi) is 5.66. The first kappa shape index (κ1) is 13.0. The Labute approximate surface area is 96.0 Å². The maximum atomic E-state index is 3.62. The number of nitrogens with one attached hydrogen (secondary N) is 1. The molecular weight excluding hydrogens is 182 g/mol. The van der Waals surface area contributed by atoms with Crippen LogP contribution in [0.4, 0.5) is 0 Å². The minimum Gasteiger partial charge on any atom is -0.314 e. The van der Waals surface area contributed by atoms with E-state index in [2.05, 4.69) is 33.0 Å². The van der Waals surface area contributed by atoms with Gasteiger partial charge in [0.05, 0.1) is 0 Å². The van der Waals surface area contributed by atoms with Gasteiger partial charge in [0.25, 0.3) is 0 Å². The van der Waals surface area contributed by atoms with Crippen molar-refractivity contribution < 1.29 is 0 Å². The van der Waals surface area contributed by atoms with Crippen LogP contribution in [-0.4, -0.2) is 12.6 Å². The van der Waals surface area contributed by atoms with Gasteiger partial charge in [0, 0.05) is 6.04 Å². The quantitative estimate of drug-likeness (QED) is 0.704. The summed E-state index contributed by atoms with van der Waals surface area (Å²) in [7, 11) is 0. The zero-order chi connectivity index (χ0) is 11.3. The lowest BCUT2D eigenvalue weighted by Gasteiger charge is -2.21. The molecule has 1 N–H and O–H groups in total. The van der Waals surface area contributed by atoms with Crippen molar-refractivity contribution in [3.63, 3.8) is 0 Å². The first-order valence-corrected chi connectivity index (χ1v) is 6.88. The van der Waals surface area contributed by atoms with Crippen LogP contribution in [-0.2, 0) is 0 Å². The molecule has 3 unspecified atom stereocenters. The van der Waals surface area contributed by atoms with Crippen LogP contribution in [0.2, 0.25) is 0 Å². The minimum atomic E-state index is 0.805. The standard InChI is InChI=1S/C14H29N/c1-5-15-14-10-9-13(12(14)4)8-6-7-11(2)3/h11-15H,5-10H2,1-4H3. The summed E-state index contributed by atoms with van der Waals surface area (Å²) < 4.78 is 0. The molecule has 0 aromatic heterocycles. The molecule has 0 amide bonds. The van der Waals surface area contributed by atoms with Crippen molar-refractivity contribution >= 4 is 0 Å². The highest BCUT2D eigenvalue weighted by molar-refractivity contribution is 4.86. The second-order valence-electron chi connectivity index (χ2n) is 5.69. The van der Waals surface area contributed by atoms with Crippen molar-refractivity contribution in [3.8, 4) is 0 Å². The van der Waals surface area contributed by atoms with Gasteiger partial charge in [-0.1, -0.05) is 47.0 Å². The van der Waals surface area contributed by atoms with Gasteiger partial charge >= 0.3 is 0 Å². The highest BCUT2D eigenvalue weighted by Crippen LogP contribution is 2.35. The summed E-state index contributed by atoms with van der Waals surface area (Å²) in [5.74, 6) is 2.77. The lowest BCUT2D eigenvalue weighted by atomic mass is 9.90. The summed E-state index contributed by atoms with van der Waals surface area (Å²) >= 11 is 0. The molecule has 0 saturated heterocycles. The largest absolute Gasteiger partial charge is 0.314 e. The Bertz CT molecular complexity index is 165. The maximum Gasteiger partial charge on any atom is 0.00953 e. The Hall–Kier alpha value is -0.0400. The molecule has 3 atom stereocenters. The Morgan fingerprint density at radius 2 is 2.00 bits per heavy atom. The van der Waals surface area contributed by atoms with E-state index < -0.39 is 0 Å². The third kappa shape index (κ3) is 4.14. The molecule has 90 valence electrons. The van der Waals surface area contributed by atoms with Crippen LogP contribution >= 0.6 is 0 Å². The predicted molar refractivity (Wildman–Crippen MR) is 68.0 cm³/mol. The fourth-order valence-corrected chi connectivity index (χ4v) is 2.99. The second-order valence-corrected chi connectivity index (χ2v) is 5.69. The van der Waals surface area contributed by atoms with E-state index in [-0.39, 0.29) is 0 Å². The third-order valence-corrected chi connectivity index (χ3v) is 4.05. The van der Waals surface area contributed by atoms with E-state index in [1.165, 1.54) is 32.1 Å². The molecule has 1 nitrogen and oxygen atoms in total. The van der Waals surface area contributed by atoms with Crippen molar-refractivity contribution in [2.24, 2.45) is 17.8 Å². The number of hydrogen-bond donors (Lipinski definition) is 1. The summed E-state index contributed by atoms with van der Waals surface area (Å²) in [6.07, 6.45) is 7.17. The SMILES string of the molecule is CCNC1CCC(CCCC(C)C)C1C. The summed E-state index contributed by atoms with van der Waals surface area (Å²) in [6.45, 7) is 10.5. The summed E-state index contributed by atoms with van der Waals surface area (Å²) in [5, 5.41) is 3.62. The summed E-state index contributed by atoms with van der Waals surface area (Å²) in [6, 6.07) is 0.805. The maximum absolute atomic E-state index is 3.62. The van der Waals surface area contributed by atoms with E-state index in [1.54, 1.807) is 0 Å². The predicted octanol–water partition coefficient (Wildman–Crippen LogP) is 3.84. The molecule has 15 heavy (non-hydrogen) atoms. The van der Waals surface area contributed by atoms with Crippen LogP contribution in [0, 0.1) is 17.8 Å². The van der Waals surface area contributed by atoms with Gasteiger partial charge < -0.3 is 5.32 Å². The Morgan fingerprint density at radius 1 is 1.27 bits per heavy atom. The van der Waals surface area contributed by atoms with Gasteiger partial charge in [-0.05, 0) is 37.1 Å². The monoisotopic (exact) mass is 211 g/mol. The molecule has 1 saturated carbocycles. The van der Waals surface area contributed by atoms with Gasteiger partial charge in [-0.25, -0.2) is 0 Å². The second kappa shape index (κ2) is 6.52. The molecule has 0 bridgehead atoms. The van der Waals surface area contributed by atoms with Gasteiger partial charge in [0.15, 0.2) is 0 Å². The molecule has 0 radical (unpaired) electrons. The first-order chi connectivity index (χ1) is 7.15. The highest BCUT2D eigenvalue weighted by atomic mass is 14.9. The van der Waals surface area contributed by atoms with E-state index in [4.69, 9.17) is 0 Å². The lowest BCUT2D eigenvalue weighted by Crippen LogP contribution is -2.32. The van der Waals surface area contributed by atoms with Gasteiger partial charge in [-0.2, -0.15) is 0 Å². The van der Waals surface area contributed by atoms with Gasteiger partial charge in [-0.15, -0.1) is 0 Å². The zero-order valence-corrected chi connectivity index (χ0v) is 11.1. The highest BCUT2D eigenvalue weighted by Gasteiger charge is 2.31. The Morgan fingerprint density at radius 3 is 2.60 bits per heavy atom. The van der Waals surface area contributed by atoms with Crippen LogP contribution in [0.15, 0.2) is 0 Å². The molecule has 1 fully saturated rings. The van der Waals surface area contributed by atoms with Crippen molar-refractivity contribution in [2.75, 3.05) is 6.54 Å². The third-order valence-electron chi connectivity index (χ3n) is 4.05. The molecule has 0 aliphatic heterocycles. The lowest BCUT2D eigenvalue weighted by molar-refractivity contribution is 0.326. The van der Waals surface area contributed by atoms with E-state index in [0.29, 0.717) is 0 Å². The van der Waals surface area contributed by atoms with Crippen LogP contribution in [0.5, 0.6) is 0 Å². The molecule has 0 heterocycles. The van der Waals surface area contributed by atoms with E-state index >= 15 is 0 Å². The smallest absolute Gasteiger partial charge is 0.00953 e. The first-order valence-electron chi connectivity index (χ1n) is 6.88. The molecule has 1 heteroatoms. The molecule has 0 aromatic carbocycles. The number of hydrogen-bond acceptors (Lipinski definition) is 1. The molecule has 1 aliphatic rings. The van der Waals surface area contributed by atoms with Crippen LogP contribution < -0.4 is 5.32 Å². The topological polar surface area (TPSA) is 12.0 Å². The zero-order valence-electron chi connectivity index (χ0n) is 11.1. The average Bonchev–Trinajstić information content (AvgIpc) is 2.50. The molecular formula is C14H29N. The number of rotatable bonds is 6. The van der Waals surface area contributed by atoms with Crippen molar-refractivity contribution in [1.82, 2.24) is 5.32 Å². The van der Waals surface area contributed by atoms with Crippen molar-refractivity contribution in [2.45, 2.75) is 65.8 Å². The van der Waals surface area contributed by atoms with Crippen LogP contribution in [0.25, 0.3) is 0 Å². The van der Waals surface area contributed by atoms with Gasteiger partial charge in [-0.3, -0.25) is 0 Å². The van der Waals surface area contributed by atoms with Crippen LogP contribution in [0.1, 0.15) is 59.8 Å². The normalized spacial score (nSPS) is 31.4. The Balaban J connectivity index is 2.20. The molecule has 0 aromatic rings. The molecule has 1 aliphatic carbocycles. The van der Waals surface area contributed by atoms with Gasteiger partial charge in [0.2, 0.25) is 0 Å².